The largest absolute Gasteiger partial charge is 0.390 e. The smallest absolute Gasteiger partial charge is 0.378 e. The zero-order chi connectivity index (χ0) is 15.5. The normalized spacial score (nSPS) is 16.1. The first-order valence-corrected chi connectivity index (χ1v) is 6.47. The molecule has 1 aromatic heterocycles. The van der Waals surface area contributed by atoms with Gasteiger partial charge in [-0.05, 0) is 0 Å². The van der Waals surface area contributed by atoms with Crippen molar-refractivity contribution in [1.82, 2.24) is 15.0 Å². The summed E-state index contributed by atoms with van der Waals surface area (Å²) in [7, 11) is 1.49. The third kappa shape index (κ3) is 4.59. The number of anilines is 3. The van der Waals surface area contributed by atoms with E-state index < -0.39 is 12.6 Å². The fourth-order valence-electron chi connectivity index (χ4n) is 1.84. The zero-order valence-electron chi connectivity index (χ0n) is 11.6. The Bertz CT molecular complexity index is 478. The Morgan fingerprint density at radius 1 is 1.24 bits per heavy atom. The monoisotopic (exact) mass is 306 g/mol. The summed E-state index contributed by atoms with van der Waals surface area (Å²) in [6.45, 7) is 2.06. The molecule has 2 N–H and O–H groups in total. The van der Waals surface area contributed by atoms with E-state index in [-0.39, 0.29) is 18.4 Å². The second kappa shape index (κ2) is 6.29. The molecule has 2 rings (SSSR count). The molecule has 0 atom stereocenters. The molecule has 0 aliphatic carbocycles. The summed E-state index contributed by atoms with van der Waals surface area (Å²) in [4.78, 5) is 15.3. The summed E-state index contributed by atoms with van der Waals surface area (Å²) >= 11 is 0. The van der Waals surface area contributed by atoms with Crippen LogP contribution in [0.25, 0.3) is 0 Å². The number of hydrogen-bond acceptors (Lipinski definition) is 7. The van der Waals surface area contributed by atoms with Crippen LogP contribution in [0.5, 0.6) is 0 Å². The number of halogens is 3. The van der Waals surface area contributed by atoms with E-state index in [9.17, 15) is 13.2 Å². The van der Waals surface area contributed by atoms with Crippen molar-refractivity contribution in [3.05, 3.63) is 0 Å². The van der Waals surface area contributed by atoms with Crippen molar-refractivity contribution >= 4 is 17.8 Å². The predicted octanol–water partition coefficient (Wildman–Crippen LogP) is 0.679. The molecule has 7 nitrogen and oxygen atoms in total. The van der Waals surface area contributed by atoms with Crippen LogP contribution < -0.4 is 15.5 Å². The molecule has 1 saturated heterocycles. The van der Waals surface area contributed by atoms with Crippen LogP contribution in [-0.4, -0.2) is 61.0 Å². The number of nitrogens with zero attached hydrogens (tertiary/aromatic N) is 5. The molecular weight excluding hydrogens is 289 g/mol. The van der Waals surface area contributed by atoms with Gasteiger partial charge in [-0.1, -0.05) is 0 Å². The molecule has 1 aromatic rings. The Labute approximate surface area is 119 Å². The molecule has 1 fully saturated rings. The second-order valence-corrected chi connectivity index (χ2v) is 4.68. The van der Waals surface area contributed by atoms with Gasteiger partial charge in [0.2, 0.25) is 17.8 Å². The van der Waals surface area contributed by atoms with Gasteiger partial charge in [0.1, 0.15) is 0 Å². The summed E-state index contributed by atoms with van der Waals surface area (Å²) in [6.07, 6.45) is -5.16. The fourth-order valence-corrected chi connectivity index (χ4v) is 1.84. The highest BCUT2D eigenvalue weighted by Gasteiger charge is 2.28. The maximum atomic E-state index is 12.3. The lowest BCUT2D eigenvalue weighted by Crippen LogP contribution is -2.38. The van der Waals surface area contributed by atoms with Gasteiger partial charge in [-0.3, -0.25) is 0 Å². The zero-order valence-corrected chi connectivity index (χ0v) is 11.6. The van der Waals surface area contributed by atoms with Crippen molar-refractivity contribution in [3.8, 4) is 0 Å². The van der Waals surface area contributed by atoms with E-state index in [0.717, 1.165) is 0 Å². The van der Waals surface area contributed by atoms with Gasteiger partial charge in [0, 0.05) is 26.7 Å². The Morgan fingerprint density at radius 2 is 1.90 bits per heavy atom. The van der Waals surface area contributed by atoms with Crippen molar-refractivity contribution in [1.29, 1.82) is 0 Å². The van der Waals surface area contributed by atoms with Gasteiger partial charge < -0.3 is 20.3 Å². The average molecular weight is 306 g/mol. The van der Waals surface area contributed by atoms with Crippen LogP contribution in [0.2, 0.25) is 0 Å². The number of alkyl halides is 3. The highest BCUT2D eigenvalue weighted by molar-refractivity contribution is 5.43. The number of rotatable bonds is 4. The second-order valence-electron chi connectivity index (χ2n) is 4.68. The molecule has 0 radical (unpaired) electrons. The number of nitrogen functional groups attached to an aromatic ring is 1. The van der Waals surface area contributed by atoms with E-state index in [0.29, 0.717) is 32.3 Å². The van der Waals surface area contributed by atoms with Crippen LogP contribution in [0.15, 0.2) is 0 Å². The summed E-state index contributed by atoms with van der Waals surface area (Å²) in [6, 6.07) is 0. The minimum atomic E-state index is -4.22. The first-order valence-electron chi connectivity index (χ1n) is 6.47. The third-order valence-corrected chi connectivity index (χ3v) is 3.00. The Balaban J connectivity index is 2.10. The van der Waals surface area contributed by atoms with E-state index in [1.165, 1.54) is 11.9 Å². The number of hydrogen-bond donors (Lipinski definition) is 1. The molecular formula is C11H17F3N6O. The highest BCUT2D eigenvalue weighted by Crippen LogP contribution is 2.21. The first-order chi connectivity index (χ1) is 9.85. The SMILES string of the molecule is CN(CCC(F)(F)F)c1nc(N)nc(N2CCOCC2)n1. The molecule has 2 heterocycles. The Morgan fingerprint density at radius 3 is 2.52 bits per heavy atom. The number of aromatic nitrogens is 3. The molecule has 1 aliphatic heterocycles. The lowest BCUT2D eigenvalue weighted by Gasteiger charge is -2.27. The first kappa shape index (κ1) is 15.5. The maximum Gasteiger partial charge on any atom is 0.390 e. The van der Waals surface area contributed by atoms with E-state index >= 15 is 0 Å². The Hall–Kier alpha value is -1.84. The highest BCUT2D eigenvalue weighted by atomic mass is 19.4. The molecule has 1 aliphatic rings. The van der Waals surface area contributed by atoms with Gasteiger partial charge in [0.25, 0.3) is 0 Å². The number of ether oxygens (including phenoxy) is 1. The summed E-state index contributed by atoms with van der Waals surface area (Å²) in [5.74, 6) is 0.480. The molecule has 0 spiro atoms. The van der Waals surface area contributed by atoms with Crippen LogP contribution in [0.1, 0.15) is 6.42 Å². The van der Waals surface area contributed by atoms with Crippen LogP contribution in [-0.2, 0) is 4.74 Å². The molecule has 0 amide bonds. The van der Waals surface area contributed by atoms with Crippen molar-refractivity contribution in [2.45, 2.75) is 12.6 Å². The number of nitrogens with two attached hydrogens (primary N) is 1. The molecule has 10 heteroatoms. The van der Waals surface area contributed by atoms with Crippen molar-refractivity contribution in [2.75, 3.05) is 55.4 Å². The average Bonchev–Trinajstić information content (AvgIpc) is 2.44. The third-order valence-electron chi connectivity index (χ3n) is 3.00. The van der Waals surface area contributed by atoms with Gasteiger partial charge in [0.15, 0.2) is 0 Å². The van der Waals surface area contributed by atoms with E-state index in [2.05, 4.69) is 15.0 Å². The van der Waals surface area contributed by atoms with Crippen LogP contribution in [0.4, 0.5) is 31.0 Å². The number of morpholine rings is 1. The van der Waals surface area contributed by atoms with Gasteiger partial charge >= 0.3 is 6.18 Å². The molecule has 0 bridgehead atoms. The van der Waals surface area contributed by atoms with Crippen LogP contribution >= 0.6 is 0 Å². The van der Waals surface area contributed by atoms with Gasteiger partial charge in [0.05, 0.1) is 19.6 Å². The fraction of sp³-hybridized carbons (Fsp3) is 0.727. The minimum absolute atomic E-state index is 0.0136. The minimum Gasteiger partial charge on any atom is -0.378 e. The molecule has 0 saturated carbocycles. The summed E-state index contributed by atoms with van der Waals surface area (Å²) in [5, 5.41) is 0. The summed E-state index contributed by atoms with van der Waals surface area (Å²) in [5.41, 5.74) is 5.62. The van der Waals surface area contributed by atoms with Crippen LogP contribution in [0.3, 0.4) is 0 Å². The standard InChI is InChI=1S/C11H17F3N6O/c1-19(3-2-11(12,13)14)9-16-8(15)17-10(18-9)20-4-6-21-7-5-20/h2-7H2,1H3,(H2,15,16,17,18). The molecule has 118 valence electrons. The maximum absolute atomic E-state index is 12.3. The topological polar surface area (TPSA) is 80.4 Å². The van der Waals surface area contributed by atoms with Gasteiger partial charge in [-0.2, -0.15) is 28.1 Å². The lowest BCUT2D eigenvalue weighted by molar-refractivity contribution is -0.132. The Kier molecular flexibility index (Phi) is 4.66. The van der Waals surface area contributed by atoms with Crippen molar-refractivity contribution in [3.63, 3.8) is 0 Å². The molecule has 0 aromatic carbocycles. The van der Waals surface area contributed by atoms with Gasteiger partial charge in [-0.25, -0.2) is 0 Å². The van der Waals surface area contributed by atoms with Crippen molar-refractivity contribution in [2.24, 2.45) is 0 Å². The summed E-state index contributed by atoms with van der Waals surface area (Å²) < 4.78 is 42.0. The van der Waals surface area contributed by atoms with E-state index in [1.807, 2.05) is 4.90 Å². The lowest BCUT2D eigenvalue weighted by atomic mass is 10.4. The van der Waals surface area contributed by atoms with E-state index in [4.69, 9.17) is 10.5 Å². The molecule has 21 heavy (non-hydrogen) atoms. The van der Waals surface area contributed by atoms with E-state index in [1.54, 1.807) is 0 Å². The van der Waals surface area contributed by atoms with Gasteiger partial charge in [-0.15, -0.1) is 0 Å². The van der Waals surface area contributed by atoms with Crippen LogP contribution in [0, 0.1) is 0 Å². The molecule has 0 unspecified atom stereocenters. The predicted molar refractivity (Wildman–Crippen MR) is 71.2 cm³/mol. The quantitative estimate of drug-likeness (QED) is 0.876. The van der Waals surface area contributed by atoms with Crippen molar-refractivity contribution < 1.29 is 17.9 Å².